The van der Waals surface area contributed by atoms with Gasteiger partial charge in [-0.1, -0.05) is 31.5 Å². The molecule has 23 heavy (non-hydrogen) atoms. The van der Waals surface area contributed by atoms with Gasteiger partial charge in [0.1, 0.15) is 5.02 Å². The molecule has 0 aliphatic carbocycles. The smallest absolute Gasteiger partial charge is 0.258 e. The number of rotatable bonds is 6. The lowest BCUT2D eigenvalue weighted by atomic mass is 10.0. The summed E-state index contributed by atoms with van der Waals surface area (Å²) in [6.45, 7) is 4.14. The molecule has 0 aliphatic rings. The first-order valence-corrected chi connectivity index (χ1v) is 7.92. The number of nitro benzene ring substituents is 1. The number of H-pyrrole nitrogens is 1. The van der Waals surface area contributed by atoms with Crippen LogP contribution in [0.3, 0.4) is 0 Å². The summed E-state index contributed by atoms with van der Waals surface area (Å²) in [7, 11) is 0. The zero-order valence-electron chi connectivity index (χ0n) is 12.7. The van der Waals surface area contributed by atoms with Crippen LogP contribution in [0.1, 0.15) is 44.0 Å². The van der Waals surface area contributed by atoms with E-state index >= 15 is 0 Å². The molecule has 9 heteroatoms. The van der Waals surface area contributed by atoms with Crippen LogP contribution < -0.4 is 0 Å². The molecule has 7 nitrogen and oxygen atoms in total. The second-order valence-electron chi connectivity index (χ2n) is 4.92. The molecule has 0 atom stereocenters. The van der Waals surface area contributed by atoms with Crippen molar-refractivity contribution in [3.8, 4) is 0 Å². The third kappa shape index (κ3) is 3.83. The zero-order chi connectivity index (χ0) is 17.0. The van der Waals surface area contributed by atoms with Gasteiger partial charge in [-0.3, -0.25) is 15.2 Å². The number of nitrogens with one attached hydrogen (secondary N) is 1. The third-order valence-electron chi connectivity index (χ3n) is 3.52. The van der Waals surface area contributed by atoms with Crippen LogP contribution >= 0.6 is 23.8 Å². The lowest BCUT2D eigenvalue weighted by molar-refractivity contribution is -0.384. The van der Waals surface area contributed by atoms with Crippen molar-refractivity contribution < 1.29 is 4.92 Å². The van der Waals surface area contributed by atoms with E-state index in [-0.39, 0.29) is 16.6 Å². The molecule has 0 bridgehead atoms. The number of nitrogens with zero attached hydrogens (tertiary/aromatic N) is 4. The minimum absolute atomic E-state index is 0.0878. The summed E-state index contributed by atoms with van der Waals surface area (Å²) in [5.41, 5.74) is 0.395. The second-order valence-corrected chi connectivity index (χ2v) is 5.72. The molecule has 2 aromatic rings. The molecular formula is C14H16ClN5O2S. The van der Waals surface area contributed by atoms with Crippen LogP contribution in [-0.4, -0.2) is 26.0 Å². The van der Waals surface area contributed by atoms with Crippen LogP contribution in [0.2, 0.25) is 5.02 Å². The van der Waals surface area contributed by atoms with Crippen LogP contribution in [0.5, 0.6) is 0 Å². The molecule has 122 valence electrons. The van der Waals surface area contributed by atoms with Gasteiger partial charge in [0.2, 0.25) is 4.77 Å². The molecule has 0 spiro atoms. The molecule has 1 heterocycles. The standard InChI is InChI=1S/C14H16ClN5O2S/c1-3-10(4-2)13-17-18-14(23)19(13)16-8-9-5-6-11(15)12(7-9)20(21)22/h5-8,10H,3-4H2,1-2H3,(H,18,23)/b16-8-. The minimum Gasteiger partial charge on any atom is -0.258 e. The van der Waals surface area contributed by atoms with Gasteiger partial charge in [-0.05, 0) is 31.1 Å². The Balaban J connectivity index is 2.38. The molecule has 1 aromatic carbocycles. The summed E-state index contributed by atoms with van der Waals surface area (Å²) in [5.74, 6) is 0.986. The molecule has 2 rings (SSSR count). The molecule has 0 aliphatic heterocycles. The van der Waals surface area contributed by atoms with E-state index in [4.69, 9.17) is 23.8 Å². The average Bonchev–Trinajstić information content (AvgIpc) is 2.88. The molecule has 0 radical (unpaired) electrons. The maximum absolute atomic E-state index is 10.9. The highest BCUT2D eigenvalue weighted by molar-refractivity contribution is 7.71. The quantitative estimate of drug-likeness (QED) is 0.363. The lowest BCUT2D eigenvalue weighted by Gasteiger charge is -2.10. The highest BCUT2D eigenvalue weighted by Crippen LogP contribution is 2.25. The SMILES string of the molecule is CCC(CC)c1n[nH]c(=S)n1/N=C\c1ccc(Cl)c([N+](=O)[O-])c1. The Bertz CT molecular complexity index is 795. The van der Waals surface area contributed by atoms with Crippen molar-refractivity contribution in [3.05, 3.63) is 49.5 Å². The van der Waals surface area contributed by atoms with Gasteiger partial charge in [-0.25, -0.2) is 0 Å². The summed E-state index contributed by atoms with van der Waals surface area (Å²) >= 11 is 11.0. The normalized spacial score (nSPS) is 11.5. The number of halogens is 1. The number of benzene rings is 1. The van der Waals surface area contributed by atoms with Crippen molar-refractivity contribution in [2.24, 2.45) is 5.10 Å². The zero-order valence-corrected chi connectivity index (χ0v) is 14.3. The Morgan fingerprint density at radius 3 is 2.83 bits per heavy atom. The number of aromatic nitrogens is 3. The summed E-state index contributed by atoms with van der Waals surface area (Å²) < 4.78 is 1.93. The summed E-state index contributed by atoms with van der Waals surface area (Å²) in [6.07, 6.45) is 3.33. The van der Waals surface area contributed by atoms with E-state index in [0.717, 1.165) is 18.7 Å². The van der Waals surface area contributed by atoms with Crippen LogP contribution in [-0.2, 0) is 0 Å². The fraction of sp³-hybridized carbons (Fsp3) is 0.357. The predicted molar refractivity (Wildman–Crippen MR) is 91.8 cm³/mol. The van der Waals surface area contributed by atoms with Gasteiger partial charge in [0.05, 0.1) is 11.1 Å². The van der Waals surface area contributed by atoms with E-state index in [1.54, 1.807) is 10.7 Å². The first kappa shape index (κ1) is 17.3. The third-order valence-corrected chi connectivity index (χ3v) is 4.10. The molecule has 0 fully saturated rings. The van der Waals surface area contributed by atoms with Gasteiger partial charge in [0.15, 0.2) is 5.82 Å². The maximum Gasteiger partial charge on any atom is 0.288 e. The van der Waals surface area contributed by atoms with Crippen LogP contribution in [0.4, 0.5) is 5.69 Å². The van der Waals surface area contributed by atoms with E-state index in [2.05, 4.69) is 29.1 Å². The van der Waals surface area contributed by atoms with Crippen LogP contribution in [0.25, 0.3) is 0 Å². The first-order valence-electron chi connectivity index (χ1n) is 7.13. The first-order chi connectivity index (χ1) is 11.0. The van der Waals surface area contributed by atoms with Crippen LogP contribution in [0.15, 0.2) is 23.3 Å². The van der Waals surface area contributed by atoms with E-state index in [1.807, 2.05) is 0 Å². The monoisotopic (exact) mass is 353 g/mol. The van der Waals surface area contributed by atoms with Crippen molar-refractivity contribution in [1.82, 2.24) is 14.9 Å². The van der Waals surface area contributed by atoms with E-state index in [0.29, 0.717) is 10.3 Å². The van der Waals surface area contributed by atoms with Gasteiger partial charge in [-0.15, -0.1) is 0 Å². The van der Waals surface area contributed by atoms with E-state index in [1.165, 1.54) is 18.3 Å². The lowest BCUT2D eigenvalue weighted by Crippen LogP contribution is -2.05. The largest absolute Gasteiger partial charge is 0.288 e. The Labute approximate surface area is 143 Å². The number of hydrogen-bond donors (Lipinski definition) is 1. The summed E-state index contributed by atoms with van der Waals surface area (Å²) in [6, 6.07) is 4.49. The average molecular weight is 354 g/mol. The molecule has 0 amide bonds. The Hall–Kier alpha value is -2.06. The highest BCUT2D eigenvalue weighted by Gasteiger charge is 2.15. The maximum atomic E-state index is 10.9. The predicted octanol–water partition coefficient (Wildman–Crippen LogP) is 4.29. The Morgan fingerprint density at radius 1 is 1.52 bits per heavy atom. The molecule has 0 saturated heterocycles. The van der Waals surface area contributed by atoms with E-state index < -0.39 is 4.92 Å². The molecule has 0 unspecified atom stereocenters. The molecule has 1 N–H and O–H groups in total. The van der Waals surface area contributed by atoms with Gasteiger partial charge >= 0.3 is 0 Å². The Morgan fingerprint density at radius 2 is 2.22 bits per heavy atom. The van der Waals surface area contributed by atoms with Gasteiger partial charge < -0.3 is 0 Å². The van der Waals surface area contributed by atoms with Crippen molar-refractivity contribution in [2.45, 2.75) is 32.6 Å². The molecule has 1 aromatic heterocycles. The summed E-state index contributed by atoms with van der Waals surface area (Å²) in [4.78, 5) is 10.4. The van der Waals surface area contributed by atoms with E-state index in [9.17, 15) is 10.1 Å². The highest BCUT2D eigenvalue weighted by atomic mass is 35.5. The number of aromatic amines is 1. The molecular weight excluding hydrogens is 338 g/mol. The van der Waals surface area contributed by atoms with Crippen LogP contribution in [0, 0.1) is 14.9 Å². The fourth-order valence-electron chi connectivity index (χ4n) is 2.21. The second kappa shape index (κ2) is 7.47. The van der Waals surface area contributed by atoms with Crippen molar-refractivity contribution in [3.63, 3.8) is 0 Å². The topological polar surface area (TPSA) is 89.1 Å². The fourth-order valence-corrected chi connectivity index (χ4v) is 2.58. The summed E-state index contributed by atoms with van der Waals surface area (Å²) in [5, 5.41) is 22.3. The molecule has 0 saturated carbocycles. The van der Waals surface area contributed by atoms with Crippen molar-refractivity contribution in [2.75, 3.05) is 0 Å². The van der Waals surface area contributed by atoms with Gasteiger partial charge in [0.25, 0.3) is 5.69 Å². The van der Waals surface area contributed by atoms with Gasteiger partial charge in [0, 0.05) is 17.5 Å². The van der Waals surface area contributed by atoms with Crippen molar-refractivity contribution >= 4 is 35.7 Å². The number of nitro groups is 1. The minimum atomic E-state index is -0.529. The number of hydrogen-bond acceptors (Lipinski definition) is 5. The Kier molecular flexibility index (Phi) is 5.62. The van der Waals surface area contributed by atoms with Crippen molar-refractivity contribution in [1.29, 1.82) is 0 Å². The van der Waals surface area contributed by atoms with Gasteiger partial charge in [-0.2, -0.15) is 14.9 Å².